The lowest BCUT2D eigenvalue weighted by Crippen LogP contribution is -2.03. The Labute approximate surface area is 156 Å². The summed E-state index contributed by atoms with van der Waals surface area (Å²) in [5.41, 5.74) is 5.94. The molecule has 0 aliphatic carbocycles. The summed E-state index contributed by atoms with van der Waals surface area (Å²) in [4.78, 5) is 21.7. The summed E-state index contributed by atoms with van der Waals surface area (Å²) in [5.74, 6) is -0.0201. The number of thiophene rings is 1. The number of fused-ring (bicyclic) bond motifs is 1. The van der Waals surface area contributed by atoms with Crippen LogP contribution in [0.15, 0.2) is 35.4 Å². The molecule has 0 radical (unpaired) electrons. The maximum Gasteiger partial charge on any atom is 0.297 e. The average Bonchev–Trinajstić information content (AvgIpc) is 3.14. The van der Waals surface area contributed by atoms with Crippen LogP contribution in [-0.2, 0) is 6.54 Å². The number of Topliss-reactive ketones (excluding diaryl/α,β-unsaturated/α-hetero) is 1. The Morgan fingerprint density at radius 3 is 2.77 bits per heavy atom. The summed E-state index contributed by atoms with van der Waals surface area (Å²) < 4.78 is 31.4. The number of methoxy groups -OCH3 is 1. The molecule has 0 aliphatic rings. The Kier molecular flexibility index (Phi) is 5.80. The van der Waals surface area contributed by atoms with E-state index in [1.165, 1.54) is 18.4 Å². The van der Waals surface area contributed by atoms with Crippen LogP contribution >= 0.6 is 23.1 Å². The van der Waals surface area contributed by atoms with Gasteiger partial charge in [-0.25, -0.2) is 18.7 Å². The van der Waals surface area contributed by atoms with Gasteiger partial charge in [-0.05, 0) is 30.3 Å². The second-order valence-corrected chi connectivity index (χ2v) is 7.39. The van der Waals surface area contributed by atoms with E-state index in [1.807, 2.05) is 6.07 Å². The quantitative estimate of drug-likeness (QED) is 0.369. The number of ketones is 1. The first-order valence-electron chi connectivity index (χ1n) is 7.60. The van der Waals surface area contributed by atoms with Crippen molar-refractivity contribution in [3.05, 3.63) is 45.9 Å². The Balaban J connectivity index is 1.90. The summed E-state index contributed by atoms with van der Waals surface area (Å²) >= 11 is 2.44. The van der Waals surface area contributed by atoms with Gasteiger partial charge in [-0.2, -0.15) is 0 Å². The molecule has 9 heteroatoms. The summed E-state index contributed by atoms with van der Waals surface area (Å²) in [7, 11) is 1.51. The zero-order chi connectivity index (χ0) is 18.7. The molecule has 0 aliphatic heterocycles. The fraction of sp³-hybridized carbons (Fsp3) is 0.235. The van der Waals surface area contributed by atoms with E-state index in [0.29, 0.717) is 33.1 Å². The maximum atomic E-state index is 13.1. The van der Waals surface area contributed by atoms with Crippen LogP contribution in [0.25, 0.3) is 10.9 Å². The van der Waals surface area contributed by atoms with Crippen molar-refractivity contribution in [2.75, 3.05) is 12.9 Å². The molecule has 2 aromatic heterocycles. The van der Waals surface area contributed by atoms with Gasteiger partial charge in [0.05, 0.1) is 23.3 Å². The number of hydrogen-bond acceptors (Lipinski definition) is 7. The van der Waals surface area contributed by atoms with Crippen molar-refractivity contribution in [3.63, 3.8) is 0 Å². The largest absolute Gasteiger partial charge is 0.497 e. The van der Waals surface area contributed by atoms with Crippen LogP contribution in [0.5, 0.6) is 5.75 Å². The number of nitrogens with two attached hydrogens (primary N) is 1. The van der Waals surface area contributed by atoms with Crippen LogP contribution in [0.4, 0.5) is 8.78 Å². The molecule has 0 bridgehead atoms. The maximum absolute atomic E-state index is 13.1. The highest BCUT2D eigenvalue weighted by atomic mass is 32.2. The van der Waals surface area contributed by atoms with Crippen LogP contribution in [0.2, 0.25) is 0 Å². The number of benzene rings is 1. The Morgan fingerprint density at radius 2 is 2.12 bits per heavy atom. The minimum atomic E-state index is -2.79. The average molecular weight is 395 g/mol. The van der Waals surface area contributed by atoms with Gasteiger partial charge in [-0.15, -0.1) is 11.3 Å². The molecule has 0 amide bonds. The summed E-state index contributed by atoms with van der Waals surface area (Å²) in [6, 6.07) is 8.45. The molecule has 2 N–H and O–H groups in total. The number of carbonyl (C=O) groups is 1. The van der Waals surface area contributed by atoms with E-state index < -0.39 is 12.2 Å². The van der Waals surface area contributed by atoms with Gasteiger partial charge in [-0.3, -0.25) is 4.79 Å². The molecular weight excluding hydrogens is 380 g/mol. The molecule has 26 heavy (non-hydrogen) atoms. The van der Waals surface area contributed by atoms with Crippen molar-refractivity contribution >= 4 is 39.8 Å². The summed E-state index contributed by atoms with van der Waals surface area (Å²) in [6.45, 7) is 0.374. The van der Waals surface area contributed by atoms with E-state index in [1.54, 1.807) is 24.3 Å². The van der Waals surface area contributed by atoms with E-state index in [2.05, 4.69) is 9.97 Å². The normalized spacial score (nSPS) is 11.3. The highest BCUT2D eigenvalue weighted by Crippen LogP contribution is 2.31. The van der Waals surface area contributed by atoms with Gasteiger partial charge in [-0.1, -0.05) is 11.8 Å². The fourth-order valence-electron chi connectivity index (χ4n) is 2.27. The predicted molar refractivity (Wildman–Crippen MR) is 98.3 cm³/mol. The lowest BCUT2D eigenvalue weighted by atomic mass is 10.2. The van der Waals surface area contributed by atoms with Gasteiger partial charge >= 0.3 is 0 Å². The molecule has 136 valence electrons. The second-order valence-electron chi connectivity index (χ2n) is 5.25. The standard InChI is InChI=1S/C17H15F2N3O2S2/c1-24-9-2-4-12-11(6-9)17(22-16(21-12)15(18)19)25-8-13(23)14-5-3-10(7-20)26-14/h2-6,15H,7-8,20H2,1H3. The Bertz CT molecular complexity index is 947. The first kappa shape index (κ1) is 18.7. The molecule has 0 atom stereocenters. The van der Waals surface area contributed by atoms with Crippen LogP contribution in [0.1, 0.15) is 26.8 Å². The van der Waals surface area contributed by atoms with E-state index in [-0.39, 0.29) is 11.5 Å². The fourth-order valence-corrected chi connectivity index (χ4v) is 4.09. The van der Waals surface area contributed by atoms with Crippen molar-refractivity contribution in [3.8, 4) is 5.75 Å². The number of aromatic nitrogens is 2. The molecule has 5 nitrogen and oxygen atoms in total. The number of ether oxygens (including phenoxy) is 1. The minimum Gasteiger partial charge on any atom is -0.497 e. The number of carbonyl (C=O) groups excluding carboxylic acids is 1. The van der Waals surface area contributed by atoms with Crippen molar-refractivity contribution in [2.24, 2.45) is 5.73 Å². The third-order valence-corrected chi connectivity index (χ3v) is 5.70. The molecular formula is C17H15F2N3O2S2. The van der Waals surface area contributed by atoms with Gasteiger partial charge in [0, 0.05) is 16.8 Å². The van der Waals surface area contributed by atoms with Crippen molar-refractivity contribution in [2.45, 2.75) is 18.0 Å². The van der Waals surface area contributed by atoms with Gasteiger partial charge < -0.3 is 10.5 Å². The molecule has 0 unspecified atom stereocenters. The van der Waals surface area contributed by atoms with E-state index in [9.17, 15) is 13.6 Å². The molecule has 0 saturated carbocycles. The van der Waals surface area contributed by atoms with E-state index >= 15 is 0 Å². The van der Waals surface area contributed by atoms with Crippen LogP contribution < -0.4 is 10.5 Å². The van der Waals surface area contributed by atoms with Crippen molar-refractivity contribution in [1.29, 1.82) is 0 Å². The highest BCUT2D eigenvalue weighted by Gasteiger charge is 2.18. The van der Waals surface area contributed by atoms with Crippen LogP contribution in [-0.4, -0.2) is 28.6 Å². The number of nitrogens with zero attached hydrogens (tertiary/aromatic N) is 2. The minimum absolute atomic E-state index is 0.0799. The van der Waals surface area contributed by atoms with Gasteiger partial charge in [0.25, 0.3) is 6.43 Å². The number of alkyl halides is 2. The van der Waals surface area contributed by atoms with Gasteiger partial charge in [0.15, 0.2) is 11.6 Å². The Morgan fingerprint density at radius 1 is 1.31 bits per heavy atom. The highest BCUT2D eigenvalue weighted by molar-refractivity contribution is 8.00. The number of rotatable bonds is 7. The monoisotopic (exact) mass is 395 g/mol. The summed E-state index contributed by atoms with van der Waals surface area (Å²) in [6.07, 6.45) is -2.79. The molecule has 3 rings (SSSR count). The lowest BCUT2D eigenvalue weighted by Gasteiger charge is -2.09. The summed E-state index contributed by atoms with van der Waals surface area (Å²) in [5, 5.41) is 0.897. The molecule has 2 heterocycles. The number of thioether (sulfide) groups is 1. The van der Waals surface area contributed by atoms with E-state index in [0.717, 1.165) is 16.6 Å². The molecule has 3 aromatic rings. The molecule has 1 aromatic carbocycles. The first-order chi connectivity index (χ1) is 12.5. The third kappa shape index (κ3) is 4.00. The molecule has 0 saturated heterocycles. The van der Waals surface area contributed by atoms with Crippen molar-refractivity contribution < 1.29 is 18.3 Å². The zero-order valence-corrected chi connectivity index (χ0v) is 15.4. The Hall–Kier alpha value is -2.10. The first-order valence-corrected chi connectivity index (χ1v) is 9.40. The molecule has 0 spiro atoms. The predicted octanol–water partition coefficient (Wildman–Crippen LogP) is 4.07. The number of halogens is 2. The topological polar surface area (TPSA) is 78.1 Å². The van der Waals surface area contributed by atoms with Crippen LogP contribution in [0.3, 0.4) is 0 Å². The number of hydrogen-bond donors (Lipinski definition) is 1. The van der Waals surface area contributed by atoms with Crippen molar-refractivity contribution in [1.82, 2.24) is 9.97 Å². The SMILES string of the molecule is COc1ccc2nc(C(F)F)nc(SCC(=O)c3ccc(CN)s3)c2c1. The van der Waals surface area contributed by atoms with Gasteiger partial charge in [0.2, 0.25) is 0 Å². The third-order valence-electron chi connectivity index (χ3n) is 3.56. The molecule has 0 fully saturated rings. The second kappa shape index (κ2) is 8.07. The van der Waals surface area contributed by atoms with Crippen LogP contribution in [0, 0.1) is 0 Å². The lowest BCUT2D eigenvalue weighted by molar-refractivity contribution is 0.102. The van der Waals surface area contributed by atoms with Gasteiger partial charge in [0.1, 0.15) is 10.8 Å². The zero-order valence-electron chi connectivity index (χ0n) is 13.7. The van der Waals surface area contributed by atoms with E-state index in [4.69, 9.17) is 10.5 Å². The smallest absolute Gasteiger partial charge is 0.297 e.